The van der Waals surface area contributed by atoms with Crippen molar-refractivity contribution in [2.75, 3.05) is 18.8 Å². The van der Waals surface area contributed by atoms with E-state index in [9.17, 15) is 0 Å². The SMILES string of the molecule is C=CCN(CC=C)Cc1c(-c2ccc(C(C)(C)C)cc2)nc2ccc(N)cn12. The highest BCUT2D eigenvalue weighted by atomic mass is 15.1. The molecule has 0 amide bonds. The third-order valence-electron chi connectivity index (χ3n) is 4.91. The monoisotopic (exact) mass is 374 g/mol. The van der Waals surface area contributed by atoms with Crippen molar-refractivity contribution in [1.29, 1.82) is 0 Å². The lowest BCUT2D eigenvalue weighted by molar-refractivity contribution is 0.323. The van der Waals surface area contributed by atoms with Crippen LogP contribution in [-0.2, 0) is 12.0 Å². The molecule has 0 unspecified atom stereocenters. The van der Waals surface area contributed by atoms with Gasteiger partial charge in [0.1, 0.15) is 5.65 Å². The molecule has 0 spiro atoms. The van der Waals surface area contributed by atoms with E-state index >= 15 is 0 Å². The minimum atomic E-state index is 0.124. The number of pyridine rings is 1. The zero-order valence-corrected chi connectivity index (χ0v) is 17.2. The Labute approximate surface area is 168 Å². The summed E-state index contributed by atoms with van der Waals surface area (Å²) in [5.74, 6) is 0. The van der Waals surface area contributed by atoms with Crippen LogP contribution in [0.15, 0.2) is 67.9 Å². The lowest BCUT2D eigenvalue weighted by atomic mass is 9.86. The molecule has 1 aromatic carbocycles. The molecule has 0 saturated heterocycles. The van der Waals surface area contributed by atoms with Gasteiger partial charge in [-0.1, -0.05) is 57.2 Å². The Hall–Kier alpha value is -2.85. The molecule has 2 aromatic heterocycles. The van der Waals surface area contributed by atoms with Crippen molar-refractivity contribution in [3.8, 4) is 11.3 Å². The maximum atomic E-state index is 6.06. The highest BCUT2D eigenvalue weighted by Gasteiger charge is 2.18. The van der Waals surface area contributed by atoms with Crippen molar-refractivity contribution in [3.05, 3.63) is 79.2 Å². The molecule has 0 aliphatic heterocycles. The average molecular weight is 375 g/mol. The molecular weight excluding hydrogens is 344 g/mol. The number of nitrogens with two attached hydrogens (primary N) is 1. The predicted octanol–water partition coefficient (Wildman–Crippen LogP) is 5.06. The summed E-state index contributed by atoms with van der Waals surface area (Å²) in [6, 6.07) is 12.6. The molecule has 4 nitrogen and oxygen atoms in total. The van der Waals surface area contributed by atoms with Gasteiger partial charge in [0.05, 0.1) is 11.4 Å². The topological polar surface area (TPSA) is 46.6 Å². The first-order valence-electron chi connectivity index (χ1n) is 9.65. The van der Waals surface area contributed by atoms with Gasteiger partial charge in [-0.05, 0) is 23.1 Å². The Morgan fingerprint density at radius 3 is 2.25 bits per heavy atom. The Balaban J connectivity index is 2.10. The van der Waals surface area contributed by atoms with E-state index in [2.05, 4.69) is 67.5 Å². The third kappa shape index (κ3) is 4.18. The largest absolute Gasteiger partial charge is 0.398 e. The first-order valence-corrected chi connectivity index (χ1v) is 9.65. The van der Waals surface area contributed by atoms with Gasteiger partial charge in [0.25, 0.3) is 0 Å². The van der Waals surface area contributed by atoms with Crippen LogP contribution < -0.4 is 5.73 Å². The number of nitrogens with zero attached hydrogens (tertiary/aromatic N) is 3. The van der Waals surface area contributed by atoms with Gasteiger partial charge in [-0.15, -0.1) is 13.2 Å². The zero-order valence-electron chi connectivity index (χ0n) is 17.2. The van der Waals surface area contributed by atoms with E-state index in [4.69, 9.17) is 10.7 Å². The van der Waals surface area contributed by atoms with Gasteiger partial charge in [0, 0.05) is 37.1 Å². The fraction of sp³-hybridized carbons (Fsp3) is 0.292. The number of nitrogen functional groups attached to an aromatic ring is 1. The third-order valence-corrected chi connectivity index (χ3v) is 4.91. The molecule has 0 atom stereocenters. The van der Waals surface area contributed by atoms with Gasteiger partial charge in [0.15, 0.2) is 0 Å². The summed E-state index contributed by atoms with van der Waals surface area (Å²) in [6.45, 7) is 16.7. The van der Waals surface area contributed by atoms with Crippen LogP contribution in [0.3, 0.4) is 0 Å². The number of aromatic nitrogens is 2. The Morgan fingerprint density at radius 2 is 1.68 bits per heavy atom. The van der Waals surface area contributed by atoms with Crippen molar-refractivity contribution in [3.63, 3.8) is 0 Å². The van der Waals surface area contributed by atoms with Crippen molar-refractivity contribution < 1.29 is 0 Å². The summed E-state index contributed by atoms with van der Waals surface area (Å²) in [6.07, 6.45) is 5.78. The van der Waals surface area contributed by atoms with E-state index in [0.717, 1.165) is 47.9 Å². The molecule has 2 heterocycles. The van der Waals surface area contributed by atoms with Gasteiger partial charge in [-0.2, -0.15) is 0 Å². The molecule has 0 aliphatic rings. The standard InChI is InChI=1S/C24H30N4/c1-6-14-27(15-7-2)17-21-23(26-22-13-12-20(25)16-28(21)22)18-8-10-19(11-9-18)24(3,4)5/h6-13,16H,1-2,14-15,17,25H2,3-5H3. The van der Waals surface area contributed by atoms with E-state index in [0.29, 0.717) is 0 Å². The van der Waals surface area contributed by atoms with Crippen molar-refractivity contribution in [2.45, 2.75) is 32.7 Å². The second-order valence-corrected chi connectivity index (χ2v) is 8.20. The van der Waals surface area contributed by atoms with E-state index in [1.165, 1.54) is 5.56 Å². The zero-order chi connectivity index (χ0) is 20.3. The van der Waals surface area contributed by atoms with Crippen LogP contribution in [0, 0.1) is 0 Å². The molecule has 0 radical (unpaired) electrons. The maximum absolute atomic E-state index is 6.06. The van der Waals surface area contributed by atoms with Gasteiger partial charge in [-0.25, -0.2) is 4.98 Å². The number of fused-ring (bicyclic) bond motifs is 1. The maximum Gasteiger partial charge on any atom is 0.137 e. The highest BCUT2D eigenvalue weighted by Crippen LogP contribution is 2.29. The van der Waals surface area contributed by atoms with Gasteiger partial charge in [0.2, 0.25) is 0 Å². The van der Waals surface area contributed by atoms with E-state index in [1.807, 2.05) is 30.5 Å². The lowest BCUT2D eigenvalue weighted by Gasteiger charge is -2.20. The summed E-state index contributed by atoms with van der Waals surface area (Å²) in [7, 11) is 0. The molecule has 0 saturated carbocycles. The smallest absolute Gasteiger partial charge is 0.137 e. The summed E-state index contributed by atoms with van der Waals surface area (Å²) in [5, 5.41) is 0. The number of imidazole rings is 1. The molecule has 3 aromatic rings. The number of anilines is 1. The minimum Gasteiger partial charge on any atom is -0.398 e. The van der Waals surface area contributed by atoms with Gasteiger partial charge in [-0.3, -0.25) is 4.90 Å². The summed E-state index contributed by atoms with van der Waals surface area (Å²) < 4.78 is 2.10. The fourth-order valence-corrected chi connectivity index (χ4v) is 3.40. The molecule has 2 N–H and O–H groups in total. The number of hydrogen-bond acceptors (Lipinski definition) is 3. The molecule has 146 valence electrons. The van der Waals surface area contributed by atoms with Crippen LogP contribution >= 0.6 is 0 Å². The van der Waals surface area contributed by atoms with Crippen molar-refractivity contribution in [1.82, 2.24) is 14.3 Å². The highest BCUT2D eigenvalue weighted by molar-refractivity contribution is 5.68. The molecule has 0 fully saturated rings. The second-order valence-electron chi connectivity index (χ2n) is 8.20. The predicted molar refractivity (Wildman–Crippen MR) is 119 cm³/mol. The van der Waals surface area contributed by atoms with Crippen LogP contribution in [-0.4, -0.2) is 27.4 Å². The molecule has 3 rings (SSSR count). The van der Waals surface area contributed by atoms with E-state index < -0.39 is 0 Å². The van der Waals surface area contributed by atoms with Crippen LogP contribution in [0.2, 0.25) is 0 Å². The van der Waals surface area contributed by atoms with Crippen LogP contribution in [0.4, 0.5) is 5.69 Å². The Kier molecular flexibility index (Phi) is 5.71. The average Bonchev–Trinajstić information content (AvgIpc) is 2.99. The molecule has 0 aliphatic carbocycles. The van der Waals surface area contributed by atoms with E-state index in [-0.39, 0.29) is 5.41 Å². The van der Waals surface area contributed by atoms with Crippen LogP contribution in [0.25, 0.3) is 16.9 Å². The first kappa shape index (κ1) is 19.9. The molecule has 28 heavy (non-hydrogen) atoms. The quantitative estimate of drug-likeness (QED) is 0.588. The minimum absolute atomic E-state index is 0.124. The lowest BCUT2D eigenvalue weighted by Crippen LogP contribution is -2.24. The van der Waals surface area contributed by atoms with E-state index in [1.54, 1.807) is 0 Å². The number of hydrogen-bond donors (Lipinski definition) is 1. The normalized spacial score (nSPS) is 11.9. The van der Waals surface area contributed by atoms with Crippen LogP contribution in [0.1, 0.15) is 32.0 Å². The second kappa shape index (κ2) is 8.03. The van der Waals surface area contributed by atoms with Gasteiger partial charge >= 0.3 is 0 Å². The number of rotatable bonds is 7. The Bertz CT molecular complexity index is 964. The summed E-state index contributed by atoms with van der Waals surface area (Å²) in [4.78, 5) is 7.20. The summed E-state index contributed by atoms with van der Waals surface area (Å²) in [5.41, 5.74) is 12.3. The first-order chi connectivity index (χ1) is 13.3. The van der Waals surface area contributed by atoms with Crippen LogP contribution in [0.5, 0.6) is 0 Å². The van der Waals surface area contributed by atoms with Crippen molar-refractivity contribution in [2.24, 2.45) is 0 Å². The Morgan fingerprint density at radius 1 is 1.04 bits per heavy atom. The fourth-order valence-electron chi connectivity index (χ4n) is 3.40. The number of benzene rings is 1. The van der Waals surface area contributed by atoms with Crippen molar-refractivity contribution >= 4 is 11.3 Å². The molecule has 4 heteroatoms. The van der Waals surface area contributed by atoms with Gasteiger partial charge < -0.3 is 10.1 Å². The summed E-state index contributed by atoms with van der Waals surface area (Å²) >= 11 is 0. The molecule has 0 bridgehead atoms. The molecular formula is C24H30N4.